The highest BCUT2D eigenvalue weighted by Crippen LogP contribution is 2.35. The van der Waals surface area contributed by atoms with Gasteiger partial charge in [0.05, 0.1) is 12.7 Å². The van der Waals surface area contributed by atoms with Gasteiger partial charge in [-0.2, -0.15) is 0 Å². The van der Waals surface area contributed by atoms with E-state index in [9.17, 15) is 4.79 Å². The van der Waals surface area contributed by atoms with E-state index in [1.165, 1.54) is 0 Å². The van der Waals surface area contributed by atoms with Crippen LogP contribution in [0.3, 0.4) is 0 Å². The first-order valence-corrected chi connectivity index (χ1v) is 6.60. The van der Waals surface area contributed by atoms with Crippen molar-refractivity contribution in [1.82, 2.24) is 0 Å². The van der Waals surface area contributed by atoms with Gasteiger partial charge in [0, 0.05) is 5.56 Å². The maximum Gasteiger partial charge on any atom is 0.335 e. The lowest BCUT2D eigenvalue weighted by atomic mass is 9.96. The van der Waals surface area contributed by atoms with Crippen molar-refractivity contribution in [2.45, 2.75) is 0 Å². The molecule has 3 heteroatoms. The van der Waals surface area contributed by atoms with Gasteiger partial charge in [-0.05, 0) is 34.5 Å². The van der Waals surface area contributed by atoms with E-state index >= 15 is 0 Å². The SMILES string of the molecule is COc1cc(C(=O)O)ccc1-c1cccc2ccccc12. The third-order valence-corrected chi connectivity index (χ3v) is 3.53. The molecule has 0 spiro atoms. The van der Waals surface area contributed by atoms with E-state index in [1.54, 1.807) is 25.3 Å². The van der Waals surface area contributed by atoms with Gasteiger partial charge in [0.2, 0.25) is 0 Å². The summed E-state index contributed by atoms with van der Waals surface area (Å²) < 4.78 is 5.38. The lowest BCUT2D eigenvalue weighted by Crippen LogP contribution is -1.98. The molecular weight excluding hydrogens is 264 g/mol. The summed E-state index contributed by atoms with van der Waals surface area (Å²) in [6, 6.07) is 19.1. The molecule has 0 saturated carbocycles. The zero-order valence-corrected chi connectivity index (χ0v) is 11.5. The van der Waals surface area contributed by atoms with E-state index in [-0.39, 0.29) is 5.56 Å². The minimum Gasteiger partial charge on any atom is -0.496 e. The molecule has 21 heavy (non-hydrogen) atoms. The predicted molar refractivity (Wildman–Crippen MR) is 82.9 cm³/mol. The zero-order valence-electron chi connectivity index (χ0n) is 11.5. The predicted octanol–water partition coefficient (Wildman–Crippen LogP) is 4.21. The fourth-order valence-corrected chi connectivity index (χ4v) is 2.51. The second-order valence-electron chi connectivity index (χ2n) is 4.75. The highest BCUT2D eigenvalue weighted by atomic mass is 16.5. The summed E-state index contributed by atoms with van der Waals surface area (Å²) >= 11 is 0. The van der Waals surface area contributed by atoms with Crippen molar-refractivity contribution in [2.24, 2.45) is 0 Å². The van der Waals surface area contributed by atoms with Crippen molar-refractivity contribution in [3.05, 3.63) is 66.2 Å². The maximum atomic E-state index is 11.1. The van der Waals surface area contributed by atoms with Crippen LogP contribution in [0.1, 0.15) is 10.4 Å². The average molecular weight is 278 g/mol. The molecule has 0 saturated heterocycles. The fraction of sp³-hybridized carbons (Fsp3) is 0.0556. The number of carboxylic acid groups (broad SMARTS) is 1. The Kier molecular flexibility index (Phi) is 3.32. The number of methoxy groups -OCH3 is 1. The molecule has 0 aliphatic rings. The molecule has 3 rings (SSSR count). The van der Waals surface area contributed by atoms with Crippen molar-refractivity contribution < 1.29 is 14.6 Å². The number of hydrogen-bond donors (Lipinski definition) is 1. The Balaban J connectivity index is 2.25. The number of hydrogen-bond acceptors (Lipinski definition) is 2. The molecule has 1 N–H and O–H groups in total. The molecule has 0 radical (unpaired) electrons. The molecule has 0 heterocycles. The van der Waals surface area contributed by atoms with E-state index in [2.05, 4.69) is 18.2 Å². The van der Waals surface area contributed by atoms with Gasteiger partial charge in [-0.15, -0.1) is 0 Å². The first-order valence-electron chi connectivity index (χ1n) is 6.60. The van der Waals surface area contributed by atoms with Gasteiger partial charge in [-0.1, -0.05) is 42.5 Å². The normalized spacial score (nSPS) is 10.5. The van der Waals surface area contributed by atoms with Crippen molar-refractivity contribution in [3.63, 3.8) is 0 Å². The van der Waals surface area contributed by atoms with Crippen LogP contribution in [0.25, 0.3) is 21.9 Å². The first kappa shape index (κ1) is 13.2. The lowest BCUT2D eigenvalue weighted by Gasteiger charge is -2.12. The van der Waals surface area contributed by atoms with Gasteiger partial charge in [0.1, 0.15) is 5.75 Å². The van der Waals surface area contributed by atoms with Crippen molar-refractivity contribution in [3.8, 4) is 16.9 Å². The summed E-state index contributed by atoms with van der Waals surface area (Å²) in [4.78, 5) is 11.1. The number of aromatic carboxylic acids is 1. The van der Waals surface area contributed by atoms with E-state index in [4.69, 9.17) is 9.84 Å². The van der Waals surface area contributed by atoms with Gasteiger partial charge >= 0.3 is 5.97 Å². The molecule has 0 atom stereocenters. The Morgan fingerprint density at radius 1 is 0.952 bits per heavy atom. The quantitative estimate of drug-likeness (QED) is 0.780. The zero-order chi connectivity index (χ0) is 14.8. The van der Waals surface area contributed by atoms with Gasteiger partial charge in [0.15, 0.2) is 0 Å². The highest BCUT2D eigenvalue weighted by molar-refractivity contribution is 5.99. The van der Waals surface area contributed by atoms with Crippen molar-refractivity contribution >= 4 is 16.7 Å². The molecule has 3 aromatic carbocycles. The number of rotatable bonds is 3. The molecule has 0 fully saturated rings. The van der Waals surface area contributed by atoms with Crippen LogP contribution in [0.5, 0.6) is 5.75 Å². The molecule has 0 amide bonds. The number of benzene rings is 3. The Bertz CT molecular complexity index is 816. The smallest absolute Gasteiger partial charge is 0.335 e. The van der Waals surface area contributed by atoms with Crippen molar-refractivity contribution in [2.75, 3.05) is 7.11 Å². The van der Waals surface area contributed by atoms with E-state index in [0.29, 0.717) is 5.75 Å². The van der Waals surface area contributed by atoms with Crippen LogP contribution in [0.15, 0.2) is 60.7 Å². The van der Waals surface area contributed by atoms with Crippen LogP contribution in [0.4, 0.5) is 0 Å². The number of carbonyl (C=O) groups is 1. The molecule has 0 aliphatic carbocycles. The number of carboxylic acids is 1. The molecule has 3 aromatic rings. The monoisotopic (exact) mass is 278 g/mol. The highest BCUT2D eigenvalue weighted by Gasteiger charge is 2.12. The summed E-state index contributed by atoms with van der Waals surface area (Å²) in [5, 5.41) is 11.3. The first-order chi connectivity index (χ1) is 10.2. The summed E-state index contributed by atoms with van der Waals surface area (Å²) in [5.41, 5.74) is 2.14. The van der Waals surface area contributed by atoms with Crippen LogP contribution >= 0.6 is 0 Å². The van der Waals surface area contributed by atoms with E-state index in [0.717, 1.165) is 21.9 Å². The Morgan fingerprint density at radius 2 is 1.71 bits per heavy atom. The largest absolute Gasteiger partial charge is 0.496 e. The number of fused-ring (bicyclic) bond motifs is 1. The summed E-state index contributed by atoms with van der Waals surface area (Å²) in [6.07, 6.45) is 0. The van der Waals surface area contributed by atoms with E-state index in [1.807, 2.05) is 24.3 Å². The fourth-order valence-electron chi connectivity index (χ4n) is 2.51. The van der Waals surface area contributed by atoms with Crippen molar-refractivity contribution in [1.29, 1.82) is 0 Å². The Labute approximate surface area is 122 Å². The number of ether oxygens (including phenoxy) is 1. The van der Waals surface area contributed by atoms with Crippen LogP contribution in [-0.2, 0) is 0 Å². The van der Waals surface area contributed by atoms with Crippen LogP contribution in [0.2, 0.25) is 0 Å². The molecule has 0 unspecified atom stereocenters. The summed E-state index contributed by atoms with van der Waals surface area (Å²) in [7, 11) is 1.55. The Hall–Kier alpha value is -2.81. The van der Waals surface area contributed by atoms with Gasteiger partial charge in [-0.3, -0.25) is 0 Å². The van der Waals surface area contributed by atoms with Crippen LogP contribution in [-0.4, -0.2) is 18.2 Å². The van der Waals surface area contributed by atoms with Gasteiger partial charge in [-0.25, -0.2) is 4.79 Å². The molecule has 0 aliphatic heterocycles. The molecular formula is C18H14O3. The van der Waals surface area contributed by atoms with Gasteiger partial charge in [0.25, 0.3) is 0 Å². The molecule has 104 valence electrons. The average Bonchev–Trinajstić information content (AvgIpc) is 2.53. The minimum absolute atomic E-state index is 0.218. The summed E-state index contributed by atoms with van der Waals surface area (Å²) in [6.45, 7) is 0. The Morgan fingerprint density at radius 3 is 2.48 bits per heavy atom. The topological polar surface area (TPSA) is 46.5 Å². The third-order valence-electron chi connectivity index (χ3n) is 3.53. The molecule has 0 aromatic heterocycles. The van der Waals surface area contributed by atoms with Crippen LogP contribution in [0, 0.1) is 0 Å². The third kappa shape index (κ3) is 2.34. The standard InChI is InChI=1S/C18H14O3/c1-21-17-11-13(18(19)20)9-10-16(17)15-8-4-6-12-5-2-3-7-14(12)15/h2-11H,1H3,(H,19,20). The van der Waals surface area contributed by atoms with E-state index < -0.39 is 5.97 Å². The minimum atomic E-state index is -0.960. The second-order valence-corrected chi connectivity index (χ2v) is 4.75. The lowest BCUT2D eigenvalue weighted by molar-refractivity contribution is 0.0696. The summed E-state index contributed by atoms with van der Waals surface area (Å²) in [5.74, 6) is -0.399. The van der Waals surface area contributed by atoms with Crippen LogP contribution < -0.4 is 4.74 Å². The maximum absolute atomic E-state index is 11.1. The molecule has 0 bridgehead atoms. The molecule has 3 nitrogen and oxygen atoms in total. The van der Waals surface area contributed by atoms with Gasteiger partial charge < -0.3 is 9.84 Å². The second kappa shape index (κ2) is 5.29.